The Labute approximate surface area is 190 Å². The van der Waals surface area contributed by atoms with Crippen molar-refractivity contribution in [1.29, 1.82) is 0 Å². The van der Waals surface area contributed by atoms with E-state index in [2.05, 4.69) is 10.3 Å². The lowest BCUT2D eigenvalue weighted by Gasteiger charge is -2.18. The van der Waals surface area contributed by atoms with Crippen molar-refractivity contribution >= 4 is 32.4 Å². The smallest absolute Gasteiger partial charge is 0.416 e. The van der Waals surface area contributed by atoms with Gasteiger partial charge in [0, 0.05) is 10.9 Å². The number of sulfonamides is 1. The van der Waals surface area contributed by atoms with E-state index in [9.17, 15) is 26.4 Å². The topological polar surface area (TPSA) is 107 Å². The van der Waals surface area contributed by atoms with Crippen LogP contribution in [-0.4, -0.2) is 39.1 Å². The summed E-state index contributed by atoms with van der Waals surface area (Å²) in [6, 6.07) is 8.55. The van der Waals surface area contributed by atoms with E-state index in [1.165, 1.54) is 0 Å². The first-order valence-electron chi connectivity index (χ1n) is 9.44. The fraction of sp³-hybridized carbons (Fsp3) is 0.200. The maximum absolute atomic E-state index is 12.8. The molecule has 0 unspecified atom stereocenters. The zero-order valence-corrected chi connectivity index (χ0v) is 18.3. The molecule has 0 saturated carbocycles. The second kappa shape index (κ2) is 9.00. The molecule has 1 amide bonds. The van der Waals surface area contributed by atoms with Crippen molar-refractivity contribution in [2.75, 3.05) is 25.1 Å². The lowest BCUT2D eigenvalue weighted by Crippen LogP contribution is -2.33. The predicted octanol–water partition coefficient (Wildman–Crippen LogP) is 3.52. The zero-order chi connectivity index (χ0) is 23.6. The number of carbonyl (C=O) groups is 1. The minimum absolute atomic E-state index is 0.225. The first-order valence-corrected chi connectivity index (χ1v) is 11.8. The summed E-state index contributed by atoms with van der Waals surface area (Å²) in [4.78, 5) is 15.9. The van der Waals surface area contributed by atoms with Gasteiger partial charge in [-0.05, 0) is 36.4 Å². The SMILES string of the molecule is O=C(CNS(=O)(=O)c1cccc(C(F)(F)F)c1)Nc1nc(-c2ccc3c(c2)OCCO3)cs1. The number of anilines is 1. The summed E-state index contributed by atoms with van der Waals surface area (Å²) in [5.74, 6) is 0.483. The third-order valence-corrected chi connectivity index (χ3v) is 6.64. The number of nitrogens with one attached hydrogen (secondary N) is 2. The molecular formula is C20H16F3N3O5S2. The van der Waals surface area contributed by atoms with Crippen LogP contribution < -0.4 is 19.5 Å². The predicted molar refractivity (Wildman–Crippen MR) is 114 cm³/mol. The molecule has 2 heterocycles. The Morgan fingerprint density at radius 2 is 1.85 bits per heavy atom. The minimum Gasteiger partial charge on any atom is -0.486 e. The van der Waals surface area contributed by atoms with Gasteiger partial charge in [-0.3, -0.25) is 4.79 Å². The molecule has 13 heteroatoms. The third kappa shape index (κ3) is 5.43. The third-order valence-electron chi connectivity index (χ3n) is 4.48. The average molecular weight is 499 g/mol. The van der Waals surface area contributed by atoms with Crippen LogP contribution in [0.3, 0.4) is 0 Å². The Hall–Kier alpha value is -3.16. The van der Waals surface area contributed by atoms with E-state index < -0.39 is 39.1 Å². The number of fused-ring (bicyclic) bond motifs is 1. The number of thiazole rings is 1. The number of nitrogens with zero attached hydrogens (tertiary/aromatic N) is 1. The van der Waals surface area contributed by atoms with Gasteiger partial charge in [-0.1, -0.05) is 6.07 Å². The standard InChI is InChI=1S/C20H16F3N3O5S2/c21-20(22,23)13-2-1-3-14(9-13)33(28,29)24-10-18(27)26-19-25-15(11-32-19)12-4-5-16-17(8-12)31-7-6-30-16/h1-5,8-9,11,24H,6-7,10H2,(H,25,26,27). The summed E-state index contributed by atoms with van der Waals surface area (Å²) < 4.78 is 76.0. The molecule has 33 heavy (non-hydrogen) atoms. The Bertz CT molecular complexity index is 1290. The summed E-state index contributed by atoms with van der Waals surface area (Å²) in [5.41, 5.74) is 0.197. The van der Waals surface area contributed by atoms with Crippen LogP contribution in [0.1, 0.15) is 5.56 Å². The van der Waals surface area contributed by atoms with E-state index in [0.29, 0.717) is 36.5 Å². The maximum Gasteiger partial charge on any atom is 0.416 e. The quantitative estimate of drug-likeness (QED) is 0.538. The minimum atomic E-state index is -4.69. The molecule has 0 bridgehead atoms. The number of amides is 1. The second-order valence-electron chi connectivity index (χ2n) is 6.79. The van der Waals surface area contributed by atoms with Crippen molar-refractivity contribution < 1.29 is 35.9 Å². The van der Waals surface area contributed by atoms with Gasteiger partial charge in [0.15, 0.2) is 16.6 Å². The number of benzene rings is 2. The van der Waals surface area contributed by atoms with E-state index in [4.69, 9.17) is 9.47 Å². The Morgan fingerprint density at radius 3 is 2.61 bits per heavy atom. The zero-order valence-electron chi connectivity index (χ0n) is 16.7. The van der Waals surface area contributed by atoms with Crippen LogP contribution in [0.15, 0.2) is 52.7 Å². The van der Waals surface area contributed by atoms with Gasteiger partial charge in [-0.2, -0.15) is 13.2 Å². The molecule has 1 aliphatic rings. The Morgan fingerprint density at radius 1 is 1.09 bits per heavy atom. The van der Waals surface area contributed by atoms with Crippen LogP contribution in [0.25, 0.3) is 11.3 Å². The lowest BCUT2D eigenvalue weighted by molar-refractivity contribution is -0.137. The summed E-state index contributed by atoms with van der Waals surface area (Å²) in [6.45, 7) is 0.222. The summed E-state index contributed by atoms with van der Waals surface area (Å²) in [5, 5.41) is 4.39. The van der Waals surface area contributed by atoms with E-state index in [1.807, 2.05) is 4.72 Å². The highest BCUT2D eigenvalue weighted by molar-refractivity contribution is 7.89. The number of carbonyl (C=O) groups excluding carboxylic acids is 1. The van der Waals surface area contributed by atoms with Crippen LogP contribution in [0.2, 0.25) is 0 Å². The molecule has 2 aromatic carbocycles. The number of aromatic nitrogens is 1. The van der Waals surface area contributed by atoms with Crippen LogP contribution in [-0.2, 0) is 21.0 Å². The van der Waals surface area contributed by atoms with Gasteiger partial charge in [0.1, 0.15) is 13.2 Å². The van der Waals surface area contributed by atoms with Crippen molar-refractivity contribution in [2.24, 2.45) is 0 Å². The average Bonchev–Trinajstić information content (AvgIpc) is 3.25. The first kappa shape index (κ1) is 23.0. The molecule has 8 nitrogen and oxygen atoms in total. The van der Waals surface area contributed by atoms with E-state index in [0.717, 1.165) is 35.1 Å². The van der Waals surface area contributed by atoms with E-state index in [1.54, 1.807) is 23.6 Å². The first-order chi connectivity index (χ1) is 15.6. The molecule has 1 aromatic heterocycles. The van der Waals surface area contributed by atoms with Crippen molar-refractivity contribution in [3.8, 4) is 22.8 Å². The normalized spacial score (nSPS) is 13.5. The second-order valence-corrected chi connectivity index (χ2v) is 9.42. The summed E-state index contributed by atoms with van der Waals surface area (Å²) in [6.07, 6.45) is -4.69. The Balaban J connectivity index is 1.38. The van der Waals surface area contributed by atoms with Gasteiger partial charge in [0.25, 0.3) is 0 Å². The molecule has 174 valence electrons. The molecule has 4 rings (SSSR count). The van der Waals surface area contributed by atoms with Gasteiger partial charge < -0.3 is 14.8 Å². The van der Waals surface area contributed by atoms with Crippen LogP contribution in [0.4, 0.5) is 18.3 Å². The molecular weight excluding hydrogens is 483 g/mol. The molecule has 0 aliphatic carbocycles. The summed E-state index contributed by atoms with van der Waals surface area (Å²) >= 11 is 1.13. The van der Waals surface area contributed by atoms with Gasteiger partial charge >= 0.3 is 6.18 Å². The largest absolute Gasteiger partial charge is 0.486 e. The molecule has 1 aliphatic heterocycles. The fourth-order valence-electron chi connectivity index (χ4n) is 2.91. The molecule has 0 fully saturated rings. The Kier molecular flexibility index (Phi) is 6.28. The number of halogens is 3. The van der Waals surface area contributed by atoms with Crippen molar-refractivity contribution in [3.05, 3.63) is 53.4 Å². The van der Waals surface area contributed by atoms with Gasteiger partial charge in [0.05, 0.1) is 22.7 Å². The monoisotopic (exact) mass is 499 g/mol. The van der Waals surface area contributed by atoms with Crippen molar-refractivity contribution in [1.82, 2.24) is 9.71 Å². The van der Waals surface area contributed by atoms with Crippen LogP contribution >= 0.6 is 11.3 Å². The molecule has 3 aromatic rings. The van der Waals surface area contributed by atoms with Crippen LogP contribution in [0.5, 0.6) is 11.5 Å². The van der Waals surface area contributed by atoms with Gasteiger partial charge in [-0.15, -0.1) is 11.3 Å². The molecule has 0 radical (unpaired) electrons. The highest BCUT2D eigenvalue weighted by Crippen LogP contribution is 2.35. The number of hydrogen-bond acceptors (Lipinski definition) is 7. The van der Waals surface area contributed by atoms with Gasteiger partial charge in [-0.25, -0.2) is 18.1 Å². The number of rotatable bonds is 6. The highest BCUT2D eigenvalue weighted by atomic mass is 32.2. The van der Waals surface area contributed by atoms with Crippen molar-refractivity contribution in [3.63, 3.8) is 0 Å². The van der Waals surface area contributed by atoms with Crippen molar-refractivity contribution in [2.45, 2.75) is 11.1 Å². The molecule has 2 N–H and O–H groups in total. The maximum atomic E-state index is 12.8. The molecule has 0 atom stereocenters. The van der Waals surface area contributed by atoms with Crippen LogP contribution in [0, 0.1) is 0 Å². The number of alkyl halides is 3. The number of hydrogen-bond donors (Lipinski definition) is 2. The lowest BCUT2D eigenvalue weighted by atomic mass is 10.1. The summed E-state index contributed by atoms with van der Waals surface area (Å²) in [7, 11) is -4.33. The molecule has 0 saturated heterocycles. The fourth-order valence-corrected chi connectivity index (χ4v) is 4.68. The molecule has 0 spiro atoms. The van der Waals surface area contributed by atoms with E-state index >= 15 is 0 Å². The highest BCUT2D eigenvalue weighted by Gasteiger charge is 2.31. The van der Waals surface area contributed by atoms with Gasteiger partial charge in [0.2, 0.25) is 15.9 Å². The van der Waals surface area contributed by atoms with E-state index in [-0.39, 0.29) is 5.13 Å². The number of ether oxygens (including phenoxy) is 2.